The summed E-state index contributed by atoms with van der Waals surface area (Å²) in [5.74, 6) is 1.13. The SMILES string of the molecule is CCCc1nc2c(cc1C)CCCN2. The highest BCUT2D eigenvalue weighted by Crippen LogP contribution is 2.22. The third-order valence-electron chi connectivity index (χ3n) is 2.80. The van der Waals surface area contributed by atoms with E-state index in [4.69, 9.17) is 4.98 Å². The van der Waals surface area contributed by atoms with Crippen LogP contribution in [0.3, 0.4) is 0 Å². The van der Waals surface area contributed by atoms with Crippen LogP contribution in [0.25, 0.3) is 0 Å². The van der Waals surface area contributed by atoms with Crippen molar-refractivity contribution in [3.63, 3.8) is 0 Å². The minimum Gasteiger partial charge on any atom is -0.370 e. The van der Waals surface area contributed by atoms with E-state index in [-0.39, 0.29) is 0 Å². The molecular weight excluding hydrogens is 172 g/mol. The molecule has 1 N–H and O–H groups in total. The molecule has 0 bridgehead atoms. The van der Waals surface area contributed by atoms with Gasteiger partial charge < -0.3 is 5.32 Å². The van der Waals surface area contributed by atoms with Crippen LogP contribution in [0.1, 0.15) is 36.6 Å². The molecule has 2 heteroatoms. The molecule has 0 aliphatic carbocycles. The van der Waals surface area contributed by atoms with Crippen molar-refractivity contribution in [2.75, 3.05) is 11.9 Å². The number of pyridine rings is 1. The summed E-state index contributed by atoms with van der Waals surface area (Å²) < 4.78 is 0. The van der Waals surface area contributed by atoms with Crippen LogP contribution >= 0.6 is 0 Å². The maximum absolute atomic E-state index is 4.69. The van der Waals surface area contributed by atoms with E-state index in [9.17, 15) is 0 Å². The van der Waals surface area contributed by atoms with Crippen LogP contribution in [-0.2, 0) is 12.8 Å². The summed E-state index contributed by atoms with van der Waals surface area (Å²) in [6.45, 7) is 5.45. The lowest BCUT2D eigenvalue weighted by atomic mass is 10.0. The van der Waals surface area contributed by atoms with E-state index in [1.165, 1.54) is 36.1 Å². The minimum absolute atomic E-state index is 1.08. The number of nitrogens with one attached hydrogen (secondary N) is 1. The molecule has 0 atom stereocenters. The molecule has 0 amide bonds. The van der Waals surface area contributed by atoms with Gasteiger partial charge in [-0.05, 0) is 37.3 Å². The van der Waals surface area contributed by atoms with Gasteiger partial charge in [-0.15, -0.1) is 0 Å². The fourth-order valence-corrected chi connectivity index (χ4v) is 2.03. The molecule has 0 saturated carbocycles. The van der Waals surface area contributed by atoms with Crippen molar-refractivity contribution in [3.05, 3.63) is 22.9 Å². The van der Waals surface area contributed by atoms with Crippen molar-refractivity contribution in [3.8, 4) is 0 Å². The minimum atomic E-state index is 1.08. The van der Waals surface area contributed by atoms with E-state index in [0.717, 1.165) is 18.8 Å². The summed E-state index contributed by atoms with van der Waals surface area (Å²) in [6, 6.07) is 2.31. The predicted molar refractivity (Wildman–Crippen MR) is 59.8 cm³/mol. The average Bonchev–Trinajstić information content (AvgIpc) is 2.19. The van der Waals surface area contributed by atoms with E-state index in [1.807, 2.05) is 0 Å². The Hall–Kier alpha value is -1.05. The Kier molecular flexibility index (Phi) is 2.71. The molecule has 1 aromatic rings. The van der Waals surface area contributed by atoms with E-state index in [1.54, 1.807) is 0 Å². The average molecular weight is 190 g/mol. The van der Waals surface area contributed by atoms with Gasteiger partial charge in [-0.25, -0.2) is 4.98 Å². The van der Waals surface area contributed by atoms with Crippen molar-refractivity contribution >= 4 is 5.82 Å². The molecule has 0 unspecified atom stereocenters. The molecule has 14 heavy (non-hydrogen) atoms. The van der Waals surface area contributed by atoms with E-state index >= 15 is 0 Å². The van der Waals surface area contributed by atoms with Gasteiger partial charge in [0.25, 0.3) is 0 Å². The molecule has 76 valence electrons. The molecule has 0 spiro atoms. The standard InChI is InChI=1S/C12H18N2/c1-3-5-11-9(2)8-10-6-4-7-13-12(10)14-11/h8H,3-7H2,1-2H3,(H,13,14). The fourth-order valence-electron chi connectivity index (χ4n) is 2.03. The van der Waals surface area contributed by atoms with Crippen molar-refractivity contribution in [1.82, 2.24) is 4.98 Å². The van der Waals surface area contributed by atoms with Crippen LogP contribution in [0.2, 0.25) is 0 Å². The second-order valence-electron chi connectivity index (χ2n) is 4.04. The Morgan fingerprint density at radius 3 is 3.14 bits per heavy atom. The first-order chi connectivity index (χ1) is 6.81. The van der Waals surface area contributed by atoms with Crippen LogP contribution < -0.4 is 5.32 Å². The maximum Gasteiger partial charge on any atom is 0.129 e. The highest BCUT2D eigenvalue weighted by Gasteiger charge is 2.11. The van der Waals surface area contributed by atoms with Gasteiger partial charge in [-0.1, -0.05) is 19.4 Å². The lowest BCUT2D eigenvalue weighted by molar-refractivity contribution is 0.797. The number of hydrogen-bond donors (Lipinski definition) is 1. The molecule has 1 aliphatic rings. The maximum atomic E-state index is 4.69. The molecule has 0 fully saturated rings. The fraction of sp³-hybridized carbons (Fsp3) is 0.583. The van der Waals surface area contributed by atoms with Gasteiger partial charge in [0.05, 0.1) is 0 Å². The van der Waals surface area contributed by atoms with Crippen LogP contribution in [-0.4, -0.2) is 11.5 Å². The first kappa shape index (κ1) is 9.50. The quantitative estimate of drug-likeness (QED) is 0.775. The number of aromatic nitrogens is 1. The lowest BCUT2D eigenvalue weighted by Gasteiger charge is -2.19. The number of rotatable bonds is 2. The Labute approximate surface area is 85.7 Å². The molecule has 1 aromatic heterocycles. The Bertz CT molecular complexity index is 331. The molecule has 0 radical (unpaired) electrons. The smallest absolute Gasteiger partial charge is 0.129 e. The zero-order valence-corrected chi connectivity index (χ0v) is 9.06. The Morgan fingerprint density at radius 2 is 2.36 bits per heavy atom. The summed E-state index contributed by atoms with van der Waals surface area (Å²) in [4.78, 5) is 4.69. The normalized spacial score (nSPS) is 14.7. The molecule has 1 aliphatic heterocycles. The van der Waals surface area contributed by atoms with Gasteiger partial charge in [-0.2, -0.15) is 0 Å². The lowest BCUT2D eigenvalue weighted by Crippen LogP contribution is -2.14. The van der Waals surface area contributed by atoms with Crippen molar-refractivity contribution in [2.24, 2.45) is 0 Å². The third-order valence-corrected chi connectivity index (χ3v) is 2.80. The molecule has 2 nitrogen and oxygen atoms in total. The Balaban J connectivity index is 2.35. The van der Waals surface area contributed by atoms with Gasteiger partial charge in [0.15, 0.2) is 0 Å². The van der Waals surface area contributed by atoms with Gasteiger partial charge in [0.1, 0.15) is 5.82 Å². The highest BCUT2D eigenvalue weighted by molar-refractivity contribution is 5.49. The zero-order chi connectivity index (χ0) is 9.97. The van der Waals surface area contributed by atoms with Crippen LogP contribution in [0.15, 0.2) is 6.07 Å². The van der Waals surface area contributed by atoms with Crippen molar-refractivity contribution < 1.29 is 0 Å². The van der Waals surface area contributed by atoms with E-state index in [2.05, 4.69) is 25.2 Å². The zero-order valence-electron chi connectivity index (χ0n) is 9.06. The van der Waals surface area contributed by atoms with Gasteiger partial charge in [0, 0.05) is 12.2 Å². The topological polar surface area (TPSA) is 24.9 Å². The van der Waals surface area contributed by atoms with Gasteiger partial charge in [0.2, 0.25) is 0 Å². The predicted octanol–water partition coefficient (Wildman–Crippen LogP) is 2.70. The first-order valence-electron chi connectivity index (χ1n) is 5.54. The summed E-state index contributed by atoms with van der Waals surface area (Å²) in [5, 5.41) is 3.38. The largest absolute Gasteiger partial charge is 0.370 e. The monoisotopic (exact) mass is 190 g/mol. The highest BCUT2D eigenvalue weighted by atomic mass is 15.0. The van der Waals surface area contributed by atoms with E-state index in [0.29, 0.717) is 0 Å². The Morgan fingerprint density at radius 1 is 1.50 bits per heavy atom. The summed E-state index contributed by atoms with van der Waals surface area (Å²) >= 11 is 0. The number of aryl methyl sites for hydroxylation is 3. The number of fused-ring (bicyclic) bond motifs is 1. The van der Waals surface area contributed by atoms with Gasteiger partial charge >= 0.3 is 0 Å². The third kappa shape index (κ3) is 1.74. The number of nitrogens with zero attached hydrogens (tertiary/aromatic N) is 1. The molecule has 0 aromatic carbocycles. The molecule has 0 saturated heterocycles. The number of anilines is 1. The van der Waals surface area contributed by atoms with E-state index < -0.39 is 0 Å². The second-order valence-corrected chi connectivity index (χ2v) is 4.04. The summed E-state index contributed by atoms with van der Waals surface area (Å²) in [7, 11) is 0. The van der Waals surface area contributed by atoms with Gasteiger partial charge in [-0.3, -0.25) is 0 Å². The molecule has 2 heterocycles. The summed E-state index contributed by atoms with van der Waals surface area (Å²) in [5.41, 5.74) is 4.02. The molecule has 2 rings (SSSR count). The van der Waals surface area contributed by atoms with Crippen LogP contribution in [0.4, 0.5) is 5.82 Å². The second kappa shape index (κ2) is 3.99. The summed E-state index contributed by atoms with van der Waals surface area (Å²) in [6.07, 6.45) is 4.69. The van der Waals surface area contributed by atoms with Crippen molar-refractivity contribution in [2.45, 2.75) is 39.5 Å². The van der Waals surface area contributed by atoms with Crippen molar-refractivity contribution in [1.29, 1.82) is 0 Å². The first-order valence-corrected chi connectivity index (χ1v) is 5.54. The molecular formula is C12H18N2. The number of hydrogen-bond acceptors (Lipinski definition) is 2. The van der Waals surface area contributed by atoms with Crippen LogP contribution in [0.5, 0.6) is 0 Å². The van der Waals surface area contributed by atoms with Crippen LogP contribution in [0, 0.1) is 6.92 Å².